The van der Waals surface area contributed by atoms with Gasteiger partial charge in [-0.3, -0.25) is 0 Å². The molecule has 0 unspecified atom stereocenters. The van der Waals surface area contributed by atoms with E-state index in [1.54, 1.807) is 0 Å². The highest BCUT2D eigenvalue weighted by Gasteiger charge is 2.22. The average molecular weight is 879 g/mol. The normalized spacial score (nSPS) is 11.8. The monoisotopic (exact) mass is 878 g/mol. The number of aromatic nitrogens is 1. The van der Waals surface area contributed by atoms with E-state index in [2.05, 4.69) is 258 Å². The Morgan fingerprint density at radius 1 is 0.304 bits per heavy atom. The summed E-state index contributed by atoms with van der Waals surface area (Å²) in [5.74, 6) is 0. The average Bonchev–Trinajstić information content (AvgIpc) is 3.97. The van der Waals surface area contributed by atoms with E-state index in [-0.39, 0.29) is 0 Å². The third-order valence-electron chi connectivity index (χ3n) is 14.1. The van der Waals surface area contributed by atoms with Gasteiger partial charge in [-0.05, 0) is 128 Å². The van der Waals surface area contributed by atoms with Crippen LogP contribution in [0.15, 0.2) is 259 Å². The van der Waals surface area contributed by atoms with Crippen molar-refractivity contribution < 1.29 is 4.42 Å². The zero-order chi connectivity index (χ0) is 45.4. The molecule has 3 nitrogen and oxygen atoms in total. The van der Waals surface area contributed by atoms with Gasteiger partial charge in [0.25, 0.3) is 0 Å². The van der Waals surface area contributed by atoms with Crippen molar-refractivity contribution in [3.05, 3.63) is 255 Å². The van der Waals surface area contributed by atoms with Crippen LogP contribution in [0.1, 0.15) is 0 Å². The molecule has 0 radical (unpaired) electrons. The fraction of sp³-hybridized carbons (Fsp3) is 0. The number of nitrogens with zero attached hydrogens (tertiary/aromatic N) is 2. The summed E-state index contributed by atoms with van der Waals surface area (Å²) in [5, 5.41) is 11.8. The van der Waals surface area contributed by atoms with Crippen LogP contribution in [-0.4, -0.2) is 4.57 Å². The van der Waals surface area contributed by atoms with Crippen LogP contribution in [-0.2, 0) is 0 Å². The lowest BCUT2D eigenvalue weighted by Crippen LogP contribution is -2.10. The molecule has 0 aliphatic carbocycles. The first-order valence-electron chi connectivity index (χ1n) is 23.7. The Hall–Kier alpha value is -9.18. The second kappa shape index (κ2) is 15.7. The highest BCUT2D eigenvalue weighted by molar-refractivity contribution is 6.20. The zero-order valence-corrected chi connectivity index (χ0v) is 37.6. The first kappa shape index (κ1) is 39.0. The minimum atomic E-state index is 0.889. The molecule has 12 aromatic carbocycles. The van der Waals surface area contributed by atoms with E-state index in [1.165, 1.54) is 82.4 Å². The Bertz CT molecular complexity index is 4300. The van der Waals surface area contributed by atoms with Gasteiger partial charge in [-0.1, -0.05) is 182 Å². The van der Waals surface area contributed by atoms with E-state index >= 15 is 0 Å². The lowest BCUT2D eigenvalue weighted by atomic mass is 9.94. The van der Waals surface area contributed by atoms with Crippen molar-refractivity contribution in [1.29, 1.82) is 0 Å². The van der Waals surface area contributed by atoms with Crippen LogP contribution in [0.5, 0.6) is 0 Å². The number of hydrogen-bond acceptors (Lipinski definition) is 2. The van der Waals surface area contributed by atoms with Gasteiger partial charge in [0.2, 0.25) is 0 Å². The minimum absolute atomic E-state index is 0.889. The fourth-order valence-electron chi connectivity index (χ4n) is 10.9. The molecule has 2 aromatic heterocycles. The largest absolute Gasteiger partial charge is 0.455 e. The number of rotatable bonds is 7. The molecule has 14 aromatic rings. The Morgan fingerprint density at radius 2 is 0.855 bits per heavy atom. The lowest BCUT2D eigenvalue weighted by Gasteiger charge is -2.28. The summed E-state index contributed by atoms with van der Waals surface area (Å²) < 4.78 is 8.97. The van der Waals surface area contributed by atoms with Crippen molar-refractivity contribution in [2.24, 2.45) is 0 Å². The quantitative estimate of drug-likeness (QED) is 0.149. The van der Waals surface area contributed by atoms with Gasteiger partial charge in [0, 0.05) is 49.4 Å². The van der Waals surface area contributed by atoms with E-state index in [4.69, 9.17) is 4.42 Å². The smallest absolute Gasteiger partial charge is 0.143 e. The highest BCUT2D eigenvalue weighted by atomic mass is 16.3. The molecule has 0 aliphatic heterocycles. The van der Waals surface area contributed by atoms with Gasteiger partial charge < -0.3 is 13.9 Å². The Labute approximate surface area is 399 Å². The van der Waals surface area contributed by atoms with Crippen LogP contribution in [0.2, 0.25) is 0 Å². The second-order valence-electron chi connectivity index (χ2n) is 18.0. The van der Waals surface area contributed by atoms with Crippen molar-refractivity contribution in [3.8, 4) is 39.1 Å². The van der Waals surface area contributed by atoms with Gasteiger partial charge in [0.15, 0.2) is 0 Å². The molecular weight excluding hydrogens is 837 g/mol. The number of benzene rings is 12. The molecule has 0 N–H and O–H groups in total. The summed E-state index contributed by atoms with van der Waals surface area (Å²) in [6, 6.07) is 92.5. The predicted octanol–water partition coefficient (Wildman–Crippen LogP) is 18.6. The fourth-order valence-corrected chi connectivity index (χ4v) is 10.9. The molecule has 0 aliphatic rings. The third-order valence-corrected chi connectivity index (χ3v) is 14.1. The summed E-state index contributed by atoms with van der Waals surface area (Å²) in [7, 11) is 0. The van der Waals surface area contributed by atoms with Crippen LogP contribution < -0.4 is 4.90 Å². The maximum absolute atomic E-state index is 6.59. The molecule has 0 bridgehead atoms. The SMILES string of the molecule is c1ccc(-c2ccccc2-c2ccc(N(c3ccc4c(ccc5cc(-c6ccc7c(c6)c6ccccc6n7-c6ccccc6)ccc54)c3)c3cc4c5ccccc5oc4c4ccccc34)cc2)cc1. The lowest BCUT2D eigenvalue weighted by molar-refractivity contribution is 0.672. The molecule has 69 heavy (non-hydrogen) atoms. The third kappa shape index (κ3) is 6.36. The van der Waals surface area contributed by atoms with Gasteiger partial charge in [-0.2, -0.15) is 0 Å². The van der Waals surface area contributed by atoms with Crippen LogP contribution >= 0.6 is 0 Å². The second-order valence-corrected chi connectivity index (χ2v) is 18.0. The topological polar surface area (TPSA) is 21.3 Å². The minimum Gasteiger partial charge on any atom is -0.455 e. The zero-order valence-electron chi connectivity index (χ0n) is 37.6. The number of furan rings is 1. The molecule has 3 heteroatoms. The van der Waals surface area contributed by atoms with Crippen molar-refractivity contribution >= 4 is 93.1 Å². The maximum atomic E-state index is 6.59. The first-order valence-corrected chi connectivity index (χ1v) is 23.7. The molecule has 14 rings (SSSR count). The van der Waals surface area contributed by atoms with Crippen LogP contribution in [0.25, 0.3) is 115 Å². The van der Waals surface area contributed by atoms with Crippen molar-refractivity contribution in [2.45, 2.75) is 0 Å². The van der Waals surface area contributed by atoms with Crippen LogP contribution in [0.4, 0.5) is 17.1 Å². The van der Waals surface area contributed by atoms with E-state index in [0.29, 0.717) is 0 Å². The summed E-state index contributed by atoms with van der Waals surface area (Å²) in [6.07, 6.45) is 0. The number of anilines is 3. The number of hydrogen-bond donors (Lipinski definition) is 0. The van der Waals surface area contributed by atoms with Gasteiger partial charge >= 0.3 is 0 Å². The number of para-hydroxylation sites is 3. The molecule has 0 saturated heterocycles. The summed E-state index contributed by atoms with van der Waals surface area (Å²) >= 11 is 0. The summed E-state index contributed by atoms with van der Waals surface area (Å²) in [6.45, 7) is 0. The predicted molar refractivity (Wildman–Crippen MR) is 292 cm³/mol. The Balaban J connectivity index is 0.902. The van der Waals surface area contributed by atoms with E-state index < -0.39 is 0 Å². The molecule has 0 atom stereocenters. The molecule has 0 spiro atoms. The van der Waals surface area contributed by atoms with Crippen molar-refractivity contribution in [2.75, 3.05) is 4.90 Å². The van der Waals surface area contributed by atoms with Gasteiger partial charge in [-0.25, -0.2) is 0 Å². The van der Waals surface area contributed by atoms with Gasteiger partial charge in [0.1, 0.15) is 11.2 Å². The van der Waals surface area contributed by atoms with Crippen molar-refractivity contribution in [1.82, 2.24) is 4.57 Å². The molecule has 322 valence electrons. The van der Waals surface area contributed by atoms with E-state index in [9.17, 15) is 0 Å². The maximum Gasteiger partial charge on any atom is 0.143 e. The molecule has 0 fully saturated rings. The Kier molecular flexibility index (Phi) is 8.90. The molecular formula is C66H42N2O. The summed E-state index contributed by atoms with van der Waals surface area (Å²) in [5.41, 5.74) is 15.8. The van der Waals surface area contributed by atoms with Crippen LogP contribution in [0.3, 0.4) is 0 Å². The van der Waals surface area contributed by atoms with Gasteiger partial charge in [-0.15, -0.1) is 0 Å². The Morgan fingerprint density at radius 3 is 1.64 bits per heavy atom. The highest BCUT2D eigenvalue weighted by Crippen LogP contribution is 2.46. The standard InChI is InChI=1S/C66H42N2O/c1-3-15-43(16-4-1)52-19-7-8-20-53(52)44-29-33-50(34-30-44)67(64-42-61-58-23-12-14-26-65(58)69-66(61)59-24-10-9-21-56(59)64)51-35-37-55-48(40-51)28-27-47-39-45(31-36-54(47)55)46-32-38-63-60(41-46)57-22-11-13-25-62(57)68(63)49-17-5-2-6-18-49/h1-42H. The summed E-state index contributed by atoms with van der Waals surface area (Å²) in [4.78, 5) is 2.42. The van der Waals surface area contributed by atoms with E-state index in [1.807, 2.05) is 6.07 Å². The van der Waals surface area contributed by atoms with Crippen molar-refractivity contribution in [3.63, 3.8) is 0 Å². The van der Waals surface area contributed by atoms with E-state index in [0.717, 1.165) is 49.8 Å². The molecule has 0 saturated carbocycles. The van der Waals surface area contributed by atoms with Crippen LogP contribution in [0, 0.1) is 0 Å². The molecule has 2 heterocycles. The number of fused-ring (bicyclic) bond motifs is 11. The molecule has 0 amide bonds. The first-order chi connectivity index (χ1) is 34.2. The van der Waals surface area contributed by atoms with Gasteiger partial charge in [0.05, 0.1) is 16.7 Å².